The molecule has 1 heterocycles. The van der Waals surface area contributed by atoms with Gasteiger partial charge in [-0.3, -0.25) is 13.9 Å². The molecule has 1 N–H and O–H groups in total. The lowest BCUT2D eigenvalue weighted by atomic mass is 10.1. The van der Waals surface area contributed by atoms with Crippen molar-refractivity contribution in [3.63, 3.8) is 0 Å². The topological polar surface area (TPSA) is 114 Å². The largest absolute Gasteiger partial charge is 0.497 e. The molecule has 202 valence electrons. The van der Waals surface area contributed by atoms with Gasteiger partial charge >= 0.3 is 0 Å². The number of anilines is 1. The van der Waals surface area contributed by atoms with Crippen LogP contribution >= 0.6 is 0 Å². The second kappa shape index (κ2) is 12.7. The van der Waals surface area contributed by atoms with Gasteiger partial charge in [0.2, 0.25) is 21.8 Å². The molecule has 2 aromatic carbocycles. The van der Waals surface area contributed by atoms with Crippen molar-refractivity contribution in [3.8, 4) is 17.2 Å². The summed E-state index contributed by atoms with van der Waals surface area (Å²) >= 11 is 0. The molecule has 10 nitrogen and oxygen atoms in total. The van der Waals surface area contributed by atoms with Crippen LogP contribution in [0.3, 0.4) is 0 Å². The number of benzene rings is 2. The first-order valence-corrected chi connectivity index (χ1v) is 13.9. The van der Waals surface area contributed by atoms with E-state index in [1.165, 1.54) is 11.8 Å². The first kappa shape index (κ1) is 28.1. The van der Waals surface area contributed by atoms with Gasteiger partial charge in [-0.05, 0) is 50.1 Å². The Hall–Kier alpha value is -3.47. The van der Waals surface area contributed by atoms with Crippen molar-refractivity contribution in [1.29, 1.82) is 0 Å². The van der Waals surface area contributed by atoms with Crippen LogP contribution in [0.2, 0.25) is 0 Å². The van der Waals surface area contributed by atoms with Crippen LogP contribution in [0.15, 0.2) is 42.5 Å². The number of hydrogen-bond acceptors (Lipinski definition) is 7. The normalized spacial score (nSPS) is 13.4. The fraction of sp³-hybridized carbons (Fsp3) is 0.462. The second-order valence-corrected chi connectivity index (χ2v) is 10.8. The summed E-state index contributed by atoms with van der Waals surface area (Å²) in [5.74, 6) is 0.483. The van der Waals surface area contributed by atoms with Crippen LogP contribution in [-0.2, 0) is 26.2 Å². The third-order valence-corrected chi connectivity index (χ3v) is 7.74. The Kier molecular flexibility index (Phi) is 9.62. The summed E-state index contributed by atoms with van der Waals surface area (Å²) in [7, 11) is -2.30. The van der Waals surface area contributed by atoms with Gasteiger partial charge in [-0.1, -0.05) is 19.1 Å². The molecule has 2 amide bonds. The average Bonchev–Trinajstić information content (AvgIpc) is 2.92. The molecule has 37 heavy (non-hydrogen) atoms. The first-order chi connectivity index (χ1) is 17.7. The summed E-state index contributed by atoms with van der Waals surface area (Å²) < 4.78 is 43.7. The quantitative estimate of drug-likeness (QED) is 0.446. The van der Waals surface area contributed by atoms with E-state index in [1.807, 2.05) is 13.0 Å². The van der Waals surface area contributed by atoms with Crippen molar-refractivity contribution in [2.24, 2.45) is 0 Å². The zero-order valence-electron chi connectivity index (χ0n) is 21.7. The Morgan fingerprint density at radius 1 is 1.08 bits per heavy atom. The molecular formula is C26H35N3O7S. The minimum Gasteiger partial charge on any atom is -0.497 e. The molecule has 0 spiro atoms. The summed E-state index contributed by atoms with van der Waals surface area (Å²) in [6.45, 7) is 5.91. The number of methoxy groups -OCH3 is 1. The Balaban J connectivity index is 1.94. The van der Waals surface area contributed by atoms with E-state index in [0.29, 0.717) is 37.0 Å². The Labute approximate surface area is 218 Å². The van der Waals surface area contributed by atoms with E-state index in [1.54, 1.807) is 50.4 Å². The third kappa shape index (κ3) is 7.06. The number of hydrogen-bond donors (Lipinski definition) is 1. The number of nitrogens with zero attached hydrogens (tertiary/aromatic N) is 2. The van der Waals surface area contributed by atoms with E-state index in [9.17, 15) is 18.0 Å². The van der Waals surface area contributed by atoms with Gasteiger partial charge in [0.25, 0.3) is 0 Å². The molecule has 2 aromatic rings. The molecule has 1 aliphatic rings. The van der Waals surface area contributed by atoms with E-state index in [0.717, 1.165) is 16.3 Å². The van der Waals surface area contributed by atoms with Gasteiger partial charge in [0.15, 0.2) is 11.5 Å². The monoisotopic (exact) mass is 533 g/mol. The number of ether oxygens (including phenoxy) is 3. The Morgan fingerprint density at radius 2 is 1.81 bits per heavy atom. The van der Waals surface area contributed by atoms with Crippen molar-refractivity contribution in [2.45, 2.75) is 39.8 Å². The molecule has 1 aliphatic heterocycles. The highest BCUT2D eigenvalue weighted by atomic mass is 32.2. The predicted octanol–water partition coefficient (Wildman–Crippen LogP) is 2.57. The first-order valence-electron chi connectivity index (χ1n) is 12.3. The highest BCUT2D eigenvalue weighted by Gasteiger charge is 2.31. The van der Waals surface area contributed by atoms with Gasteiger partial charge in [-0.2, -0.15) is 0 Å². The number of rotatable bonds is 12. The smallest absolute Gasteiger partial charge is 0.244 e. The van der Waals surface area contributed by atoms with Gasteiger partial charge in [0, 0.05) is 19.2 Å². The molecule has 0 saturated heterocycles. The van der Waals surface area contributed by atoms with Crippen LogP contribution in [0.5, 0.6) is 17.2 Å². The SMILES string of the molecule is CCCNC(=O)[C@@H](C)N(Cc1cccc(OC)c1)C(=O)CN(c1ccc2c(c1)OCCO2)S(=O)(=O)CC. The summed E-state index contributed by atoms with van der Waals surface area (Å²) in [6.07, 6.45) is 0.745. The highest BCUT2D eigenvalue weighted by Crippen LogP contribution is 2.35. The number of carbonyl (C=O) groups excluding carboxylic acids is 2. The number of sulfonamides is 1. The van der Waals surface area contributed by atoms with Crippen molar-refractivity contribution < 1.29 is 32.2 Å². The molecule has 0 bridgehead atoms. The van der Waals surface area contributed by atoms with Crippen LogP contribution in [0.4, 0.5) is 5.69 Å². The van der Waals surface area contributed by atoms with Gasteiger partial charge in [-0.25, -0.2) is 8.42 Å². The summed E-state index contributed by atoms with van der Waals surface area (Å²) in [5.41, 5.74) is 1.02. The minimum absolute atomic E-state index is 0.0951. The predicted molar refractivity (Wildman–Crippen MR) is 141 cm³/mol. The zero-order valence-corrected chi connectivity index (χ0v) is 22.5. The van der Waals surface area contributed by atoms with Gasteiger partial charge < -0.3 is 24.4 Å². The maximum atomic E-state index is 13.7. The fourth-order valence-electron chi connectivity index (χ4n) is 3.85. The lowest BCUT2D eigenvalue weighted by Crippen LogP contribution is -2.51. The number of fused-ring (bicyclic) bond motifs is 1. The standard InChI is InChI=1S/C26H35N3O7S/c1-5-12-27-26(31)19(3)28(17-20-8-7-9-22(15-20)34-4)25(30)18-29(37(32,33)6-2)21-10-11-23-24(16-21)36-14-13-35-23/h7-11,15-16,19H,5-6,12-14,17-18H2,1-4H3,(H,27,31)/t19-/m1/s1. The molecule has 0 fully saturated rings. The van der Waals surface area contributed by atoms with Gasteiger partial charge in [0.1, 0.15) is 31.5 Å². The lowest BCUT2D eigenvalue weighted by molar-refractivity contribution is -0.139. The number of carbonyl (C=O) groups is 2. The maximum Gasteiger partial charge on any atom is 0.244 e. The zero-order chi connectivity index (χ0) is 27.0. The molecule has 11 heteroatoms. The van der Waals surface area contributed by atoms with Crippen molar-refractivity contribution >= 4 is 27.5 Å². The summed E-state index contributed by atoms with van der Waals surface area (Å²) in [6, 6.07) is 11.1. The van der Waals surface area contributed by atoms with Crippen molar-refractivity contribution in [1.82, 2.24) is 10.2 Å². The molecule has 0 unspecified atom stereocenters. The molecule has 1 atom stereocenters. The number of nitrogens with one attached hydrogen (secondary N) is 1. The van der Waals surface area contributed by atoms with Crippen LogP contribution in [0, 0.1) is 0 Å². The molecular weight excluding hydrogens is 498 g/mol. The highest BCUT2D eigenvalue weighted by molar-refractivity contribution is 7.92. The van der Waals surface area contributed by atoms with Gasteiger partial charge in [-0.15, -0.1) is 0 Å². The van der Waals surface area contributed by atoms with E-state index < -0.39 is 28.5 Å². The summed E-state index contributed by atoms with van der Waals surface area (Å²) in [4.78, 5) is 27.9. The van der Waals surface area contributed by atoms with E-state index in [-0.39, 0.29) is 23.9 Å². The summed E-state index contributed by atoms with van der Waals surface area (Å²) in [5, 5.41) is 2.82. The Bertz CT molecular complexity index is 1200. The molecule has 0 aliphatic carbocycles. The van der Waals surface area contributed by atoms with E-state index >= 15 is 0 Å². The minimum atomic E-state index is -3.84. The van der Waals surface area contributed by atoms with Gasteiger partial charge in [0.05, 0.1) is 18.6 Å². The van der Waals surface area contributed by atoms with Crippen LogP contribution in [-0.4, -0.2) is 70.3 Å². The molecule has 0 saturated carbocycles. The van der Waals surface area contributed by atoms with Crippen molar-refractivity contribution in [3.05, 3.63) is 48.0 Å². The average molecular weight is 534 g/mol. The molecule has 0 radical (unpaired) electrons. The van der Waals surface area contributed by atoms with E-state index in [4.69, 9.17) is 14.2 Å². The Morgan fingerprint density at radius 3 is 2.49 bits per heavy atom. The number of amides is 2. The van der Waals surface area contributed by atoms with Crippen LogP contribution < -0.4 is 23.8 Å². The molecule has 0 aromatic heterocycles. The lowest BCUT2D eigenvalue weighted by Gasteiger charge is -2.32. The van der Waals surface area contributed by atoms with Crippen LogP contribution in [0.25, 0.3) is 0 Å². The third-order valence-electron chi connectivity index (χ3n) is 6.00. The second-order valence-electron chi connectivity index (χ2n) is 8.58. The molecule has 3 rings (SSSR count). The van der Waals surface area contributed by atoms with Crippen LogP contribution in [0.1, 0.15) is 32.8 Å². The maximum absolute atomic E-state index is 13.7. The van der Waals surface area contributed by atoms with E-state index in [2.05, 4.69) is 5.32 Å². The fourth-order valence-corrected chi connectivity index (χ4v) is 4.91. The van der Waals surface area contributed by atoms with Crippen molar-refractivity contribution in [2.75, 3.05) is 43.5 Å².